The molecule has 0 spiro atoms. The minimum Gasteiger partial charge on any atom is -0.355 e. The molecule has 6 heteroatoms. The molecule has 0 bridgehead atoms. The highest BCUT2D eigenvalue weighted by atomic mass is 19.1. The zero-order valence-corrected chi connectivity index (χ0v) is 13.8. The summed E-state index contributed by atoms with van der Waals surface area (Å²) in [5.41, 5.74) is 0.901. The molecule has 0 fully saturated rings. The number of carbonyl (C=O) groups excluding carboxylic acids is 1. The number of carbonyl (C=O) groups is 1. The predicted octanol–water partition coefficient (Wildman–Crippen LogP) is 4.55. The minimum absolute atomic E-state index is 0.310. The van der Waals surface area contributed by atoms with Gasteiger partial charge in [0.15, 0.2) is 0 Å². The van der Waals surface area contributed by atoms with E-state index in [1.807, 2.05) is 12.1 Å². The van der Waals surface area contributed by atoms with Crippen molar-refractivity contribution in [2.24, 2.45) is 0 Å². The molecule has 2 rings (SSSR count). The molecule has 0 heterocycles. The van der Waals surface area contributed by atoms with Crippen LogP contribution >= 0.6 is 0 Å². The largest absolute Gasteiger partial charge is 0.355 e. The summed E-state index contributed by atoms with van der Waals surface area (Å²) in [4.78, 5) is 12.1. The summed E-state index contributed by atoms with van der Waals surface area (Å²) in [6.45, 7) is 4.11. The quantitative estimate of drug-likeness (QED) is 0.619. The van der Waals surface area contributed by atoms with Gasteiger partial charge in [-0.05, 0) is 35.7 Å². The van der Waals surface area contributed by atoms with Gasteiger partial charge >= 0.3 is 0 Å². The number of nitrogens with one attached hydrogen (secondary N) is 2. The summed E-state index contributed by atoms with van der Waals surface area (Å²) in [5, 5.41) is 14.0. The van der Waals surface area contributed by atoms with Crippen LogP contribution in [0.1, 0.15) is 25.3 Å². The van der Waals surface area contributed by atoms with Gasteiger partial charge in [0.2, 0.25) is 0 Å². The fourth-order valence-electron chi connectivity index (χ4n) is 2.08. The topological polar surface area (TPSA) is 64.9 Å². The molecular formula is C19H17F2N3O. The van der Waals surface area contributed by atoms with Crippen LogP contribution in [0, 0.1) is 23.0 Å². The fourth-order valence-corrected chi connectivity index (χ4v) is 2.08. The first-order valence-corrected chi connectivity index (χ1v) is 7.64. The van der Waals surface area contributed by atoms with Crippen LogP contribution in [-0.4, -0.2) is 5.91 Å². The zero-order chi connectivity index (χ0) is 18.4. The normalized spacial score (nSPS) is 11.1. The van der Waals surface area contributed by atoms with Gasteiger partial charge < -0.3 is 10.6 Å². The molecule has 128 valence electrons. The molecule has 1 amide bonds. The first kappa shape index (κ1) is 18.1. The molecule has 25 heavy (non-hydrogen) atoms. The lowest BCUT2D eigenvalue weighted by molar-refractivity contribution is -0.112. The van der Waals surface area contributed by atoms with Crippen molar-refractivity contribution in [2.75, 3.05) is 10.6 Å². The third-order valence-electron chi connectivity index (χ3n) is 3.52. The average molecular weight is 341 g/mol. The van der Waals surface area contributed by atoms with E-state index in [2.05, 4.69) is 24.5 Å². The lowest BCUT2D eigenvalue weighted by Gasteiger charge is -2.08. The van der Waals surface area contributed by atoms with E-state index in [1.54, 1.807) is 18.2 Å². The molecule has 0 unspecified atom stereocenters. The molecule has 0 saturated carbocycles. The number of nitrogens with zero attached hydrogens (tertiary/aromatic N) is 1. The Kier molecular flexibility index (Phi) is 5.85. The highest BCUT2D eigenvalue weighted by molar-refractivity contribution is 6.06. The maximum atomic E-state index is 13.5. The predicted molar refractivity (Wildman–Crippen MR) is 92.8 cm³/mol. The van der Waals surface area contributed by atoms with Gasteiger partial charge in [0.1, 0.15) is 29.0 Å². The fraction of sp³-hybridized carbons (Fsp3) is 0.158. The molecular weight excluding hydrogens is 324 g/mol. The van der Waals surface area contributed by atoms with E-state index >= 15 is 0 Å². The molecule has 0 radical (unpaired) electrons. The molecule has 0 aliphatic rings. The van der Waals surface area contributed by atoms with E-state index in [0.717, 1.165) is 23.9 Å². The van der Waals surface area contributed by atoms with E-state index in [1.165, 1.54) is 6.07 Å². The standard InChI is InChI=1S/C19H17F2N3O/c1-12(2)13-6-8-15(9-7-13)24-19(25)14(10-22)11-23-18-16(20)4-3-5-17(18)21/h3-9,11-12,23H,1-2H3,(H,24,25)/b14-11-. The Hall–Kier alpha value is -3.20. The van der Waals surface area contributed by atoms with Crippen molar-refractivity contribution in [3.05, 3.63) is 71.4 Å². The third kappa shape index (κ3) is 4.64. The number of benzene rings is 2. The number of anilines is 2. The number of amides is 1. The second kappa shape index (κ2) is 8.06. The number of rotatable bonds is 5. The van der Waals surface area contributed by atoms with Gasteiger partial charge in [-0.3, -0.25) is 4.79 Å². The Bertz CT molecular complexity index is 816. The van der Waals surface area contributed by atoms with Crippen molar-refractivity contribution in [2.45, 2.75) is 19.8 Å². The SMILES string of the molecule is CC(C)c1ccc(NC(=O)/C(C#N)=C\Nc2c(F)cccc2F)cc1. The highest BCUT2D eigenvalue weighted by Gasteiger charge is 2.12. The maximum absolute atomic E-state index is 13.5. The van der Waals surface area contributed by atoms with E-state index in [0.29, 0.717) is 11.6 Å². The number of nitriles is 1. The Morgan fingerprint density at radius 1 is 1.12 bits per heavy atom. The van der Waals surface area contributed by atoms with Crippen molar-refractivity contribution in [1.29, 1.82) is 5.26 Å². The monoisotopic (exact) mass is 341 g/mol. The second-order valence-corrected chi connectivity index (χ2v) is 5.64. The molecule has 2 N–H and O–H groups in total. The number of hydrogen-bond donors (Lipinski definition) is 2. The van der Waals surface area contributed by atoms with Crippen molar-refractivity contribution >= 4 is 17.3 Å². The third-order valence-corrected chi connectivity index (χ3v) is 3.52. The summed E-state index contributed by atoms with van der Waals surface area (Å²) in [6, 6.07) is 12.3. The lowest BCUT2D eigenvalue weighted by atomic mass is 10.0. The summed E-state index contributed by atoms with van der Waals surface area (Å²) in [6.07, 6.45) is 0.972. The van der Waals surface area contributed by atoms with Crippen LogP contribution in [0.5, 0.6) is 0 Å². The van der Waals surface area contributed by atoms with Crippen LogP contribution in [0.2, 0.25) is 0 Å². The highest BCUT2D eigenvalue weighted by Crippen LogP contribution is 2.19. The smallest absolute Gasteiger partial charge is 0.267 e. The Balaban J connectivity index is 2.11. The second-order valence-electron chi connectivity index (χ2n) is 5.64. The van der Waals surface area contributed by atoms with E-state index in [-0.39, 0.29) is 5.57 Å². The number of para-hydroxylation sites is 1. The molecule has 0 saturated heterocycles. The van der Waals surface area contributed by atoms with Crippen LogP contribution in [0.25, 0.3) is 0 Å². The Labute approximate surface area is 144 Å². The summed E-state index contributed by atoms with van der Waals surface area (Å²) in [5.74, 6) is -1.96. The van der Waals surface area contributed by atoms with Crippen molar-refractivity contribution in [1.82, 2.24) is 0 Å². The van der Waals surface area contributed by atoms with Crippen LogP contribution < -0.4 is 10.6 Å². The first-order valence-electron chi connectivity index (χ1n) is 7.64. The summed E-state index contributed by atoms with van der Waals surface area (Å²) in [7, 11) is 0. The van der Waals surface area contributed by atoms with Crippen molar-refractivity contribution in [3.8, 4) is 6.07 Å². The van der Waals surface area contributed by atoms with E-state index < -0.39 is 23.2 Å². The van der Waals surface area contributed by atoms with Gasteiger partial charge in [-0.2, -0.15) is 5.26 Å². The van der Waals surface area contributed by atoms with Crippen LogP contribution in [-0.2, 0) is 4.79 Å². The molecule has 0 aromatic heterocycles. The van der Waals surface area contributed by atoms with Crippen LogP contribution in [0.15, 0.2) is 54.2 Å². The zero-order valence-electron chi connectivity index (χ0n) is 13.8. The van der Waals surface area contributed by atoms with Gasteiger partial charge in [-0.25, -0.2) is 8.78 Å². The van der Waals surface area contributed by atoms with Crippen LogP contribution in [0.3, 0.4) is 0 Å². The number of halogens is 2. The Morgan fingerprint density at radius 2 is 1.72 bits per heavy atom. The van der Waals surface area contributed by atoms with Crippen molar-refractivity contribution in [3.63, 3.8) is 0 Å². The van der Waals surface area contributed by atoms with Gasteiger partial charge in [-0.15, -0.1) is 0 Å². The summed E-state index contributed by atoms with van der Waals surface area (Å²) >= 11 is 0. The van der Waals surface area contributed by atoms with Crippen LogP contribution in [0.4, 0.5) is 20.2 Å². The molecule has 2 aromatic carbocycles. The average Bonchev–Trinajstić information content (AvgIpc) is 2.58. The molecule has 4 nitrogen and oxygen atoms in total. The molecule has 0 atom stereocenters. The summed E-state index contributed by atoms with van der Waals surface area (Å²) < 4.78 is 27.1. The van der Waals surface area contributed by atoms with Gasteiger partial charge in [-0.1, -0.05) is 32.0 Å². The molecule has 0 aliphatic carbocycles. The van der Waals surface area contributed by atoms with Gasteiger partial charge in [0.05, 0.1) is 0 Å². The number of hydrogen-bond acceptors (Lipinski definition) is 3. The first-order chi connectivity index (χ1) is 11.9. The van der Waals surface area contributed by atoms with Gasteiger partial charge in [0.25, 0.3) is 5.91 Å². The van der Waals surface area contributed by atoms with Crippen molar-refractivity contribution < 1.29 is 13.6 Å². The Morgan fingerprint density at radius 3 is 2.24 bits per heavy atom. The minimum atomic E-state index is -0.821. The molecule has 0 aliphatic heterocycles. The molecule has 2 aromatic rings. The van der Waals surface area contributed by atoms with Gasteiger partial charge in [0, 0.05) is 11.9 Å². The van der Waals surface area contributed by atoms with E-state index in [4.69, 9.17) is 5.26 Å². The maximum Gasteiger partial charge on any atom is 0.267 e. The van der Waals surface area contributed by atoms with E-state index in [9.17, 15) is 13.6 Å². The lowest BCUT2D eigenvalue weighted by Crippen LogP contribution is -2.14.